The van der Waals surface area contributed by atoms with E-state index in [-0.39, 0.29) is 81.8 Å². The van der Waals surface area contributed by atoms with E-state index in [1.807, 2.05) is 35.2 Å². The predicted molar refractivity (Wildman–Crippen MR) is 305 cm³/mol. The van der Waals surface area contributed by atoms with E-state index in [0.717, 1.165) is 49.0 Å². The van der Waals surface area contributed by atoms with Gasteiger partial charge in [0.1, 0.15) is 17.0 Å². The number of benzene rings is 2. The number of hydrogen-bond acceptors (Lipinski definition) is 18. The Morgan fingerprint density at radius 3 is 1.51 bits per heavy atom. The highest BCUT2D eigenvalue weighted by molar-refractivity contribution is 5.98. The van der Waals surface area contributed by atoms with Gasteiger partial charge in [-0.1, -0.05) is 19.9 Å². The zero-order valence-corrected chi connectivity index (χ0v) is 48.4. The molecule has 5 aliphatic rings. The molecule has 0 radical (unpaired) electrons. The Kier molecular flexibility index (Phi) is 24.3. The molecule has 3 aromatic rings. The van der Waals surface area contributed by atoms with Crippen LogP contribution in [0.25, 0.3) is 16.9 Å². The number of methoxy groups -OCH3 is 2. The van der Waals surface area contributed by atoms with Crippen molar-refractivity contribution in [3.05, 3.63) is 53.7 Å². The van der Waals surface area contributed by atoms with E-state index in [9.17, 15) is 49.2 Å². The van der Waals surface area contributed by atoms with Crippen molar-refractivity contribution >= 4 is 41.4 Å². The summed E-state index contributed by atoms with van der Waals surface area (Å²) in [6.45, 7) is 9.47. The van der Waals surface area contributed by atoms with Gasteiger partial charge in [0.05, 0.1) is 110 Å². The number of anilines is 1. The highest BCUT2D eigenvalue weighted by Crippen LogP contribution is 2.58. The van der Waals surface area contributed by atoms with Crippen LogP contribution in [0.2, 0.25) is 0 Å². The third-order valence-electron chi connectivity index (χ3n) is 16.2. The van der Waals surface area contributed by atoms with E-state index < -0.39 is 35.3 Å². The fourth-order valence-corrected chi connectivity index (χ4v) is 12.4. The number of carbonyl (C=O) groups excluding carboxylic acids is 2. The second-order valence-electron chi connectivity index (χ2n) is 22.2. The Morgan fingerprint density at radius 1 is 0.602 bits per heavy atom. The molecular formula is C58H85N9O16. The van der Waals surface area contributed by atoms with Crippen molar-refractivity contribution in [2.75, 3.05) is 164 Å². The molecule has 83 heavy (non-hydrogen) atoms. The first-order valence-electron chi connectivity index (χ1n) is 28.9. The monoisotopic (exact) mass is 1160 g/mol. The van der Waals surface area contributed by atoms with E-state index >= 15 is 0 Å². The summed E-state index contributed by atoms with van der Waals surface area (Å²) in [4.78, 5) is 82.1. The largest absolute Gasteiger partial charge is 0.496 e. The van der Waals surface area contributed by atoms with Gasteiger partial charge in [-0.25, -0.2) is 9.48 Å². The molecule has 8 rings (SSSR count). The average molecular weight is 1160 g/mol. The van der Waals surface area contributed by atoms with E-state index in [4.69, 9.17) is 33.5 Å². The van der Waals surface area contributed by atoms with Crippen LogP contribution in [0.4, 0.5) is 5.69 Å². The Morgan fingerprint density at radius 2 is 1.06 bits per heavy atom. The second-order valence-corrected chi connectivity index (χ2v) is 22.2. The van der Waals surface area contributed by atoms with Crippen molar-refractivity contribution < 1.29 is 77.6 Å². The van der Waals surface area contributed by atoms with Gasteiger partial charge in [0, 0.05) is 71.1 Å². The molecule has 1 aliphatic heterocycles. The summed E-state index contributed by atoms with van der Waals surface area (Å²) in [5, 5.41) is 53.4. The van der Waals surface area contributed by atoms with Gasteiger partial charge in [0.15, 0.2) is 5.69 Å². The molecule has 2 aromatic carbocycles. The smallest absolute Gasteiger partial charge is 0.330 e. The highest BCUT2D eigenvalue weighted by Gasteiger charge is 2.62. The van der Waals surface area contributed by atoms with Gasteiger partial charge in [0.25, 0.3) is 5.91 Å². The molecule has 5 fully saturated rings. The van der Waals surface area contributed by atoms with E-state index in [1.165, 1.54) is 0 Å². The van der Waals surface area contributed by atoms with Crippen LogP contribution in [-0.2, 0) is 42.9 Å². The number of carboxylic acids is 4. The van der Waals surface area contributed by atoms with Crippen molar-refractivity contribution in [3.8, 4) is 28.4 Å². The molecule has 25 nitrogen and oxygen atoms in total. The van der Waals surface area contributed by atoms with E-state index in [1.54, 1.807) is 39.7 Å². The first-order chi connectivity index (χ1) is 40.0. The van der Waals surface area contributed by atoms with Gasteiger partial charge in [0.2, 0.25) is 5.91 Å². The minimum Gasteiger partial charge on any atom is -0.496 e. The van der Waals surface area contributed by atoms with Gasteiger partial charge < -0.3 is 64.8 Å². The Hall–Kier alpha value is -6.45. The van der Waals surface area contributed by atoms with Crippen LogP contribution in [0.5, 0.6) is 11.5 Å². The fraction of sp³-hybridized carbons (Fsp3) is 0.638. The molecule has 25 heteroatoms. The molecule has 2 amide bonds. The minimum atomic E-state index is -1.34. The molecule has 7 N–H and O–H groups in total. The molecule has 458 valence electrons. The van der Waals surface area contributed by atoms with Gasteiger partial charge in [-0.2, -0.15) is 5.10 Å². The summed E-state index contributed by atoms with van der Waals surface area (Å²) in [5.41, 5.74) is 2.45. The number of aromatic nitrogens is 2. The molecule has 1 aromatic heterocycles. The summed E-state index contributed by atoms with van der Waals surface area (Å²) < 4.78 is 36.1. The van der Waals surface area contributed by atoms with Crippen LogP contribution in [0.3, 0.4) is 0 Å². The summed E-state index contributed by atoms with van der Waals surface area (Å²) >= 11 is 0. The third kappa shape index (κ3) is 18.0. The van der Waals surface area contributed by atoms with Crippen molar-refractivity contribution in [1.82, 2.24) is 40.0 Å². The lowest BCUT2D eigenvalue weighted by molar-refractivity contribution is -0.163. The summed E-state index contributed by atoms with van der Waals surface area (Å²) in [6.07, 6.45) is 4.37. The van der Waals surface area contributed by atoms with Crippen LogP contribution < -0.4 is 25.4 Å². The number of carboxylic acid groups (broad SMARTS) is 4. The topological polar surface area (TPSA) is 306 Å². The van der Waals surface area contributed by atoms with Crippen LogP contribution in [0.1, 0.15) is 67.9 Å². The van der Waals surface area contributed by atoms with Gasteiger partial charge in [-0.05, 0) is 104 Å². The first kappa shape index (κ1) is 64.1. The summed E-state index contributed by atoms with van der Waals surface area (Å²) in [6, 6.07) is 13.1. The molecule has 4 saturated carbocycles. The average Bonchev–Trinajstić information content (AvgIpc) is 3.65. The normalized spacial score (nSPS) is 21.7. The SMILES string of the molecule is COc1cccc(OC)c1-c1cc(C(=O)NC2(C(=O)O)C3CC4CC(C3)CC2C4)nn1-c1ccc(NCCOCCOCCOCCOCCNC(=O)CN2CCN(CC(=O)O)CCN(CC(=O)O)CCN(CC(=O)O)CC2)cc1C(C)C. The number of rotatable bonds is 32. The highest BCUT2D eigenvalue weighted by atomic mass is 16.6. The van der Waals surface area contributed by atoms with Gasteiger partial charge in [-0.15, -0.1) is 0 Å². The van der Waals surface area contributed by atoms with Crippen molar-refractivity contribution in [2.45, 2.75) is 57.4 Å². The Labute approximate surface area is 484 Å². The standard InChI is InChI=1S/C58H85N9O16/c1-39(2)45-33-44(8-9-47(45)67-48(55-49(78-3)6-5-7-50(55)79-4)34-46(62-67)56(75)61-58(57(76)77)42-29-40-28-41(31-42)32-43(58)30-40)59-10-20-80-22-24-82-26-27-83-25-23-81-21-11-60-51(68)35-63-12-14-64(36-52(69)70)16-18-66(38-54(73)74)19-17-65(15-13-63)37-53(71)72/h5-9,33-34,39-43,59H,10-32,35-38H2,1-4H3,(H,60,68)(H,61,75)(H,69,70)(H,71,72)(H,73,74)(H,76,77). The van der Waals surface area contributed by atoms with Crippen LogP contribution in [-0.4, -0.2) is 250 Å². The number of hydrogen-bond donors (Lipinski definition) is 7. The lowest BCUT2D eigenvalue weighted by atomic mass is 9.48. The van der Waals surface area contributed by atoms with E-state index in [0.29, 0.717) is 127 Å². The summed E-state index contributed by atoms with van der Waals surface area (Å²) in [7, 11) is 3.14. The first-order valence-corrected chi connectivity index (χ1v) is 28.9. The summed E-state index contributed by atoms with van der Waals surface area (Å²) in [5.74, 6) is -2.99. The molecular weight excluding hydrogens is 1080 g/mol. The number of nitrogens with zero attached hydrogens (tertiary/aromatic N) is 6. The zero-order valence-electron chi connectivity index (χ0n) is 48.4. The Balaban J connectivity index is 0.806. The third-order valence-corrected chi connectivity index (χ3v) is 16.2. The van der Waals surface area contributed by atoms with E-state index in [2.05, 4.69) is 35.9 Å². The molecule has 0 spiro atoms. The number of nitrogens with one attached hydrogen (secondary N) is 3. The van der Waals surface area contributed by atoms with Crippen LogP contribution in [0.15, 0.2) is 42.5 Å². The van der Waals surface area contributed by atoms with Crippen LogP contribution in [0, 0.1) is 23.7 Å². The predicted octanol–water partition coefficient (Wildman–Crippen LogP) is 2.76. The quantitative estimate of drug-likeness (QED) is 0.0442. The van der Waals surface area contributed by atoms with Crippen molar-refractivity contribution in [1.29, 1.82) is 0 Å². The number of ether oxygens (including phenoxy) is 6. The number of amides is 2. The van der Waals surface area contributed by atoms with Gasteiger partial charge >= 0.3 is 23.9 Å². The zero-order chi connectivity index (χ0) is 59.5. The lowest BCUT2D eigenvalue weighted by Crippen LogP contribution is -2.70. The van der Waals surface area contributed by atoms with Crippen molar-refractivity contribution in [2.24, 2.45) is 23.7 Å². The fourth-order valence-electron chi connectivity index (χ4n) is 12.4. The minimum absolute atomic E-state index is 0.0134. The van der Waals surface area contributed by atoms with Gasteiger partial charge in [-0.3, -0.25) is 43.6 Å². The molecule has 1 saturated heterocycles. The lowest BCUT2D eigenvalue weighted by Gasteiger charge is -2.59. The maximum absolute atomic E-state index is 14.4. The molecule has 0 atom stereocenters. The second kappa shape index (κ2) is 31.4. The Bertz CT molecular complexity index is 2570. The molecule has 4 bridgehead atoms. The molecule has 4 aliphatic carbocycles. The molecule has 2 heterocycles. The number of aliphatic carboxylic acids is 4. The van der Waals surface area contributed by atoms with Crippen molar-refractivity contribution in [3.63, 3.8) is 0 Å². The maximum atomic E-state index is 14.4. The van der Waals surface area contributed by atoms with Crippen LogP contribution >= 0.6 is 0 Å². The maximum Gasteiger partial charge on any atom is 0.330 e. The number of carbonyl (C=O) groups is 6. The molecule has 0 unspecified atom stereocenters.